The molecule has 1 atom stereocenters. The second kappa shape index (κ2) is 19.1. The summed E-state index contributed by atoms with van der Waals surface area (Å²) in [5.41, 5.74) is 6.75. The number of ether oxygens (including phenoxy) is 5. The molecule has 0 aromatic heterocycles. The van der Waals surface area contributed by atoms with Gasteiger partial charge in [0.05, 0.1) is 10.2 Å². The Hall–Kier alpha value is -4.84. The molecule has 0 aliphatic carbocycles. The van der Waals surface area contributed by atoms with Crippen LogP contribution in [0.15, 0.2) is 122 Å². The molecule has 0 radical (unpaired) electrons. The molecule has 7 heteroatoms. The van der Waals surface area contributed by atoms with E-state index in [1.54, 1.807) is 12.2 Å². The largest absolute Gasteiger partial charge is 0.494 e. The highest BCUT2D eigenvalue weighted by molar-refractivity contribution is 14.1. The highest BCUT2D eigenvalue weighted by Crippen LogP contribution is 2.48. The maximum absolute atomic E-state index is 6.42. The monoisotopic (exact) mass is 912 g/mol. The minimum absolute atomic E-state index is 0.107. The van der Waals surface area contributed by atoms with Crippen molar-refractivity contribution in [1.82, 2.24) is 0 Å². The van der Waals surface area contributed by atoms with Crippen molar-refractivity contribution in [1.29, 1.82) is 0 Å². The van der Waals surface area contributed by atoms with Crippen LogP contribution in [0.2, 0.25) is 0 Å². The molecule has 52 heavy (non-hydrogen) atoms. The fourth-order valence-electron chi connectivity index (χ4n) is 5.81. The van der Waals surface area contributed by atoms with Gasteiger partial charge in [0, 0.05) is 26.2 Å². The van der Waals surface area contributed by atoms with Gasteiger partial charge in [0.1, 0.15) is 55.2 Å². The van der Waals surface area contributed by atoms with Crippen molar-refractivity contribution in [2.24, 2.45) is 0 Å². The highest BCUT2D eigenvalue weighted by atomic mass is 127. The predicted octanol–water partition coefficient (Wildman–Crippen LogP) is 11.0. The SMILES string of the molecule is C#CCOc1ccc(-c2ccc(OCC=C)c(C(c3cc(-c4ccc(OCC)cc4)ccc3OCC=C)c3cc(I)cc(I)c3OCC#C)c2)cc1. The van der Waals surface area contributed by atoms with Crippen molar-refractivity contribution in [2.45, 2.75) is 12.8 Å². The van der Waals surface area contributed by atoms with Gasteiger partial charge in [-0.05, 0) is 135 Å². The van der Waals surface area contributed by atoms with Crippen molar-refractivity contribution in [2.75, 3.05) is 33.0 Å². The van der Waals surface area contributed by atoms with Crippen molar-refractivity contribution >= 4 is 45.2 Å². The third-order valence-corrected chi connectivity index (χ3v) is 9.44. The topological polar surface area (TPSA) is 46.2 Å². The Kier molecular flexibility index (Phi) is 14.1. The molecule has 5 nitrogen and oxygen atoms in total. The van der Waals surface area contributed by atoms with Gasteiger partial charge in [0.25, 0.3) is 0 Å². The first kappa shape index (κ1) is 38.4. The van der Waals surface area contributed by atoms with Crippen LogP contribution in [0.5, 0.6) is 28.7 Å². The van der Waals surface area contributed by atoms with Gasteiger partial charge in [-0.1, -0.05) is 73.5 Å². The Labute approximate surface area is 334 Å². The molecule has 0 N–H and O–H groups in total. The maximum atomic E-state index is 6.42. The summed E-state index contributed by atoms with van der Waals surface area (Å²) < 4.78 is 32.5. The Morgan fingerprint density at radius 3 is 1.56 bits per heavy atom. The van der Waals surface area contributed by atoms with E-state index in [1.807, 2.05) is 55.5 Å². The summed E-state index contributed by atoms with van der Waals surface area (Å²) in [5, 5.41) is 0. The average Bonchev–Trinajstić information content (AvgIpc) is 3.16. The summed E-state index contributed by atoms with van der Waals surface area (Å²) in [6.45, 7) is 11.3. The molecule has 0 saturated heterocycles. The van der Waals surface area contributed by atoms with Crippen LogP contribution in [0.1, 0.15) is 29.5 Å². The minimum Gasteiger partial charge on any atom is -0.494 e. The van der Waals surface area contributed by atoms with E-state index >= 15 is 0 Å². The number of hydrogen-bond acceptors (Lipinski definition) is 5. The molecule has 5 aromatic carbocycles. The zero-order valence-electron chi connectivity index (χ0n) is 28.9. The van der Waals surface area contributed by atoms with E-state index in [4.69, 9.17) is 36.5 Å². The van der Waals surface area contributed by atoms with Gasteiger partial charge in [0.2, 0.25) is 0 Å². The first-order valence-corrected chi connectivity index (χ1v) is 18.8. The van der Waals surface area contributed by atoms with Crippen LogP contribution in [-0.4, -0.2) is 33.0 Å². The molecule has 262 valence electrons. The number of terminal acetylenes is 2. The number of benzene rings is 5. The molecule has 0 heterocycles. The van der Waals surface area contributed by atoms with Crippen molar-refractivity contribution in [3.63, 3.8) is 0 Å². The summed E-state index contributed by atoms with van der Waals surface area (Å²) in [4.78, 5) is 0. The van der Waals surface area contributed by atoms with E-state index in [2.05, 4.69) is 119 Å². The molecular formula is C45H38I2O5. The molecule has 0 saturated carbocycles. The van der Waals surface area contributed by atoms with Crippen LogP contribution < -0.4 is 23.7 Å². The van der Waals surface area contributed by atoms with Gasteiger partial charge in [-0.3, -0.25) is 0 Å². The van der Waals surface area contributed by atoms with Crippen LogP contribution in [-0.2, 0) is 0 Å². The number of hydrogen-bond donors (Lipinski definition) is 0. The Balaban J connectivity index is 1.81. The van der Waals surface area contributed by atoms with Gasteiger partial charge >= 0.3 is 0 Å². The molecule has 0 fully saturated rings. The number of rotatable bonds is 17. The van der Waals surface area contributed by atoms with Gasteiger partial charge < -0.3 is 23.7 Å². The Bertz CT molecular complexity index is 2090. The molecular weight excluding hydrogens is 874 g/mol. The third kappa shape index (κ3) is 9.52. The molecule has 0 aliphatic rings. The molecule has 0 aliphatic heterocycles. The summed E-state index contributed by atoms with van der Waals surface area (Å²) >= 11 is 4.67. The van der Waals surface area contributed by atoms with E-state index in [0.717, 1.165) is 51.8 Å². The van der Waals surface area contributed by atoms with E-state index in [9.17, 15) is 0 Å². The normalized spacial score (nSPS) is 11.0. The van der Waals surface area contributed by atoms with Crippen molar-refractivity contribution < 1.29 is 23.7 Å². The summed E-state index contributed by atoms with van der Waals surface area (Å²) in [7, 11) is 0. The lowest BCUT2D eigenvalue weighted by Gasteiger charge is -2.27. The molecule has 1 unspecified atom stereocenters. The van der Waals surface area contributed by atoms with Gasteiger partial charge in [-0.15, -0.1) is 12.8 Å². The first-order valence-electron chi connectivity index (χ1n) is 16.6. The zero-order chi connectivity index (χ0) is 36.9. The van der Waals surface area contributed by atoms with Crippen LogP contribution in [0, 0.1) is 31.8 Å². The zero-order valence-corrected chi connectivity index (χ0v) is 33.2. The fourth-order valence-corrected chi connectivity index (χ4v) is 7.86. The average molecular weight is 913 g/mol. The van der Waals surface area contributed by atoms with Crippen molar-refractivity contribution in [3.8, 4) is 75.7 Å². The van der Waals surface area contributed by atoms with Crippen LogP contribution in [0.3, 0.4) is 0 Å². The van der Waals surface area contributed by atoms with Gasteiger partial charge in [0.15, 0.2) is 0 Å². The van der Waals surface area contributed by atoms with Crippen LogP contribution >= 0.6 is 45.2 Å². The smallest absolute Gasteiger partial charge is 0.148 e. The Morgan fingerprint density at radius 2 is 1.08 bits per heavy atom. The molecule has 0 spiro atoms. The van der Waals surface area contributed by atoms with Crippen molar-refractivity contribution in [3.05, 3.63) is 146 Å². The lowest BCUT2D eigenvalue weighted by Crippen LogP contribution is -2.12. The molecule has 0 bridgehead atoms. The van der Waals surface area contributed by atoms with Crippen LogP contribution in [0.25, 0.3) is 22.3 Å². The Morgan fingerprint density at radius 1 is 0.596 bits per heavy atom. The minimum atomic E-state index is -0.434. The fraction of sp³-hybridized carbons (Fsp3) is 0.156. The second-order valence-electron chi connectivity index (χ2n) is 11.4. The lowest BCUT2D eigenvalue weighted by atomic mass is 9.81. The molecule has 5 rings (SSSR count). The van der Waals surface area contributed by atoms with Crippen LogP contribution in [0.4, 0.5) is 0 Å². The maximum Gasteiger partial charge on any atom is 0.148 e. The van der Waals surface area contributed by atoms with E-state index in [0.29, 0.717) is 42.8 Å². The molecule has 0 amide bonds. The van der Waals surface area contributed by atoms with E-state index < -0.39 is 5.92 Å². The summed E-state index contributed by atoms with van der Waals surface area (Å²) in [6.07, 6.45) is 14.6. The standard InChI is InChI=1S/C45H38I2O5/c1-6-23-49-37-19-13-32(14-20-37)34-16-22-43(51-25-8-3)39(28-34)44(40-29-35(46)30-41(47)45(40)52-26-9-4)38-27-33(15-21-42(38)50-24-7-2)31-11-17-36(18-12-31)48-10-5/h1,4,7-8,11-22,27-30,44H,2-3,10,23-26H2,5H3. The highest BCUT2D eigenvalue weighted by Gasteiger charge is 2.30. The van der Waals surface area contributed by atoms with Gasteiger partial charge in [-0.25, -0.2) is 0 Å². The summed E-state index contributed by atoms with van der Waals surface area (Å²) in [5.74, 6) is 8.33. The lowest BCUT2D eigenvalue weighted by molar-refractivity contribution is 0.340. The predicted molar refractivity (Wildman–Crippen MR) is 228 cm³/mol. The van der Waals surface area contributed by atoms with E-state index in [-0.39, 0.29) is 13.2 Å². The summed E-state index contributed by atoms with van der Waals surface area (Å²) in [6, 6.07) is 32.7. The van der Waals surface area contributed by atoms with E-state index in [1.165, 1.54) is 0 Å². The molecule has 5 aromatic rings. The van der Waals surface area contributed by atoms with Gasteiger partial charge in [-0.2, -0.15) is 0 Å². The quantitative estimate of drug-likeness (QED) is 0.0403. The second-order valence-corrected chi connectivity index (χ2v) is 13.8. The first-order chi connectivity index (χ1) is 25.4. The number of halogens is 2. The third-order valence-electron chi connectivity index (χ3n) is 8.01.